The third-order valence-electron chi connectivity index (χ3n) is 4.46. The van der Waals surface area contributed by atoms with Crippen LogP contribution in [-0.2, 0) is 19.1 Å². The first kappa shape index (κ1) is 21.0. The molecule has 0 heterocycles. The lowest BCUT2D eigenvalue weighted by atomic mass is 9.86. The molecule has 0 amide bonds. The first-order valence-electron chi connectivity index (χ1n) is 9.57. The Bertz CT molecular complexity index is 378. The number of hydrogen-bond donors (Lipinski definition) is 0. The summed E-state index contributed by atoms with van der Waals surface area (Å²) in [4.78, 5) is 23.4. The maximum atomic E-state index is 11.7. The summed E-state index contributed by atoms with van der Waals surface area (Å²) in [6, 6.07) is 0. The van der Waals surface area contributed by atoms with Crippen LogP contribution in [0.5, 0.6) is 0 Å². The zero-order valence-corrected chi connectivity index (χ0v) is 16.1. The van der Waals surface area contributed by atoms with Crippen LogP contribution in [0.2, 0.25) is 0 Å². The minimum Gasteiger partial charge on any atom is -0.465 e. The Balaban J connectivity index is 2.04. The molecule has 1 aliphatic carbocycles. The number of esters is 2. The molecular formula is C20H36O4. The van der Waals surface area contributed by atoms with Crippen LogP contribution in [0.15, 0.2) is 0 Å². The SMILES string of the molecule is CC(COC(=O)CCCC(=O)OCC1CCCCC1)CC(C)(C)C. The Morgan fingerprint density at radius 2 is 1.58 bits per heavy atom. The first-order chi connectivity index (χ1) is 11.3. The molecule has 4 heteroatoms. The molecule has 0 aromatic carbocycles. The van der Waals surface area contributed by atoms with Gasteiger partial charge < -0.3 is 9.47 Å². The van der Waals surface area contributed by atoms with E-state index in [9.17, 15) is 9.59 Å². The zero-order chi connectivity index (χ0) is 18.0. The molecule has 1 fully saturated rings. The molecule has 1 atom stereocenters. The molecule has 0 spiro atoms. The van der Waals surface area contributed by atoms with Crippen LogP contribution in [0.25, 0.3) is 0 Å². The van der Waals surface area contributed by atoms with Crippen LogP contribution in [0.4, 0.5) is 0 Å². The highest BCUT2D eigenvalue weighted by Gasteiger charge is 2.17. The van der Waals surface area contributed by atoms with E-state index in [1.54, 1.807) is 0 Å². The fourth-order valence-electron chi connectivity index (χ4n) is 3.43. The van der Waals surface area contributed by atoms with E-state index < -0.39 is 0 Å². The van der Waals surface area contributed by atoms with Crippen molar-refractivity contribution >= 4 is 11.9 Å². The normalized spacial score (nSPS) is 17.3. The standard InChI is InChI=1S/C20H36O4/c1-16(13-20(2,3)4)14-23-18(21)11-8-12-19(22)24-15-17-9-6-5-7-10-17/h16-17H,5-15H2,1-4H3. The molecule has 1 aliphatic rings. The number of carbonyl (C=O) groups is 2. The predicted octanol–water partition coefficient (Wildman–Crippen LogP) is 4.90. The molecule has 0 bridgehead atoms. The Morgan fingerprint density at radius 3 is 2.17 bits per heavy atom. The zero-order valence-electron chi connectivity index (χ0n) is 16.1. The van der Waals surface area contributed by atoms with Crippen molar-refractivity contribution in [2.24, 2.45) is 17.3 Å². The third kappa shape index (κ3) is 10.7. The quantitative estimate of drug-likeness (QED) is 0.560. The van der Waals surface area contributed by atoms with Crippen molar-refractivity contribution in [1.82, 2.24) is 0 Å². The lowest BCUT2D eigenvalue weighted by molar-refractivity contribution is -0.147. The van der Waals surface area contributed by atoms with E-state index in [0.29, 0.717) is 44.3 Å². The van der Waals surface area contributed by atoms with Crippen molar-refractivity contribution < 1.29 is 19.1 Å². The van der Waals surface area contributed by atoms with Crippen molar-refractivity contribution in [2.75, 3.05) is 13.2 Å². The van der Waals surface area contributed by atoms with Crippen LogP contribution < -0.4 is 0 Å². The summed E-state index contributed by atoms with van der Waals surface area (Å²) < 4.78 is 10.6. The van der Waals surface area contributed by atoms with Crippen LogP contribution in [0.3, 0.4) is 0 Å². The summed E-state index contributed by atoms with van der Waals surface area (Å²) in [7, 11) is 0. The van der Waals surface area contributed by atoms with Gasteiger partial charge in [-0.15, -0.1) is 0 Å². The van der Waals surface area contributed by atoms with Crippen molar-refractivity contribution in [3.63, 3.8) is 0 Å². The van der Waals surface area contributed by atoms with Crippen molar-refractivity contribution in [3.8, 4) is 0 Å². The van der Waals surface area contributed by atoms with Crippen LogP contribution in [-0.4, -0.2) is 25.2 Å². The maximum absolute atomic E-state index is 11.7. The highest BCUT2D eigenvalue weighted by atomic mass is 16.5. The fraction of sp³-hybridized carbons (Fsp3) is 0.900. The van der Waals surface area contributed by atoms with Gasteiger partial charge >= 0.3 is 11.9 Å². The smallest absolute Gasteiger partial charge is 0.305 e. The largest absolute Gasteiger partial charge is 0.465 e. The molecule has 1 unspecified atom stereocenters. The minimum atomic E-state index is -0.212. The fourth-order valence-corrected chi connectivity index (χ4v) is 3.43. The third-order valence-corrected chi connectivity index (χ3v) is 4.46. The van der Waals surface area contributed by atoms with Gasteiger partial charge in [0.05, 0.1) is 13.2 Å². The second-order valence-electron chi connectivity index (χ2n) is 8.59. The van der Waals surface area contributed by atoms with Crippen LogP contribution in [0, 0.1) is 17.3 Å². The van der Waals surface area contributed by atoms with Gasteiger partial charge in [-0.2, -0.15) is 0 Å². The number of carbonyl (C=O) groups excluding carboxylic acids is 2. The number of hydrogen-bond acceptors (Lipinski definition) is 4. The van der Waals surface area contributed by atoms with Gasteiger partial charge in [-0.3, -0.25) is 9.59 Å². The predicted molar refractivity (Wildman–Crippen MR) is 95.6 cm³/mol. The van der Waals surface area contributed by atoms with E-state index in [1.165, 1.54) is 32.1 Å². The summed E-state index contributed by atoms with van der Waals surface area (Å²) in [5.41, 5.74) is 0.244. The molecule has 1 saturated carbocycles. The second-order valence-corrected chi connectivity index (χ2v) is 8.59. The van der Waals surface area contributed by atoms with Gasteiger partial charge in [0, 0.05) is 12.8 Å². The monoisotopic (exact) mass is 340 g/mol. The molecule has 0 aromatic heterocycles. The van der Waals surface area contributed by atoms with Gasteiger partial charge in [-0.25, -0.2) is 0 Å². The van der Waals surface area contributed by atoms with Crippen molar-refractivity contribution in [2.45, 2.75) is 85.5 Å². The van der Waals surface area contributed by atoms with Crippen molar-refractivity contribution in [1.29, 1.82) is 0 Å². The minimum absolute atomic E-state index is 0.186. The molecule has 0 radical (unpaired) electrons. The van der Waals surface area contributed by atoms with E-state index in [2.05, 4.69) is 27.7 Å². The molecular weight excluding hydrogens is 304 g/mol. The highest BCUT2D eigenvalue weighted by molar-refractivity contribution is 5.72. The molecule has 1 rings (SSSR count). The molecule has 0 aromatic rings. The summed E-state index contributed by atoms with van der Waals surface area (Å²) in [5, 5.41) is 0. The van der Waals surface area contributed by atoms with Gasteiger partial charge in [0.2, 0.25) is 0 Å². The summed E-state index contributed by atoms with van der Waals surface area (Å²) in [6.45, 7) is 9.66. The van der Waals surface area contributed by atoms with E-state index in [-0.39, 0.29) is 17.4 Å². The molecule has 4 nitrogen and oxygen atoms in total. The molecule has 0 N–H and O–H groups in total. The van der Waals surface area contributed by atoms with Crippen molar-refractivity contribution in [3.05, 3.63) is 0 Å². The van der Waals surface area contributed by atoms with Gasteiger partial charge in [0.25, 0.3) is 0 Å². The summed E-state index contributed by atoms with van der Waals surface area (Å²) >= 11 is 0. The lowest BCUT2D eigenvalue weighted by Crippen LogP contribution is -2.18. The second kappa shape index (κ2) is 10.7. The average Bonchev–Trinajstić information content (AvgIpc) is 2.50. The first-order valence-corrected chi connectivity index (χ1v) is 9.57. The van der Waals surface area contributed by atoms with E-state index in [0.717, 1.165) is 6.42 Å². The molecule has 0 saturated heterocycles. The topological polar surface area (TPSA) is 52.6 Å². The average molecular weight is 341 g/mol. The van der Waals surface area contributed by atoms with Crippen LogP contribution >= 0.6 is 0 Å². The highest BCUT2D eigenvalue weighted by Crippen LogP contribution is 2.25. The maximum Gasteiger partial charge on any atom is 0.305 e. The van der Waals surface area contributed by atoms with Gasteiger partial charge in [-0.05, 0) is 42.9 Å². The summed E-state index contributed by atoms with van der Waals surface area (Å²) in [6.07, 6.45) is 8.28. The van der Waals surface area contributed by atoms with E-state index in [4.69, 9.17) is 9.47 Å². The Kier molecular flexibility index (Phi) is 9.38. The summed E-state index contributed by atoms with van der Waals surface area (Å²) in [5.74, 6) is 0.497. The van der Waals surface area contributed by atoms with Gasteiger partial charge in [-0.1, -0.05) is 47.0 Å². The van der Waals surface area contributed by atoms with Crippen LogP contribution in [0.1, 0.15) is 85.5 Å². The Labute approximate surface area is 147 Å². The lowest BCUT2D eigenvalue weighted by Gasteiger charge is -2.22. The number of ether oxygens (including phenoxy) is 2. The molecule has 24 heavy (non-hydrogen) atoms. The van der Waals surface area contributed by atoms with Gasteiger partial charge in [0.15, 0.2) is 0 Å². The number of rotatable bonds is 9. The molecule has 140 valence electrons. The van der Waals surface area contributed by atoms with Gasteiger partial charge in [0.1, 0.15) is 0 Å². The van der Waals surface area contributed by atoms with E-state index in [1.807, 2.05) is 0 Å². The Hall–Kier alpha value is -1.06. The molecule has 0 aliphatic heterocycles. The Morgan fingerprint density at radius 1 is 1.00 bits per heavy atom. The van der Waals surface area contributed by atoms with E-state index >= 15 is 0 Å².